The number of nitrogens with zero attached hydrogens (tertiary/aromatic N) is 2. The lowest BCUT2D eigenvalue weighted by molar-refractivity contribution is 0.498. The molecule has 5 nitrogen and oxygen atoms in total. The van der Waals surface area contributed by atoms with Gasteiger partial charge in [-0.2, -0.15) is 8.42 Å². The molecule has 0 spiro atoms. The van der Waals surface area contributed by atoms with E-state index in [1.165, 1.54) is 18.6 Å². The summed E-state index contributed by atoms with van der Waals surface area (Å²) in [4.78, 5) is 7.27. The molecule has 0 atom stereocenters. The largest absolute Gasteiger partial charge is 0.312 e. The zero-order valence-corrected chi connectivity index (χ0v) is 6.61. The molecule has 0 radical (unpaired) electrons. The Kier molecular flexibility index (Phi) is 1.30. The zero-order valence-electron chi connectivity index (χ0n) is 5.80. The number of hydrogen-bond acceptors (Lipinski definition) is 4. The lowest BCUT2D eigenvalue weighted by Gasteiger charge is -1.95. The van der Waals surface area contributed by atoms with Crippen LogP contribution in [-0.4, -0.2) is 24.2 Å². The average molecular weight is 184 g/mol. The van der Waals surface area contributed by atoms with Crippen LogP contribution in [0, 0.1) is 0 Å². The molecule has 1 N–H and O–H groups in total. The summed E-state index contributed by atoms with van der Waals surface area (Å²) < 4.78 is 30.0. The van der Waals surface area contributed by atoms with Crippen molar-refractivity contribution >= 4 is 21.4 Å². The Labute approximate surface area is 68.6 Å². The molecule has 0 aromatic heterocycles. The molecule has 0 aromatic rings. The van der Waals surface area contributed by atoms with Gasteiger partial charge in [-0.15, -0.1) is 0 Å². The summed E-state index contributed by atoms with van der Waals surface area (Å²) in [5.41, 5.74) is 0.972. The lowest BCUT2D eigenvalue weighted by Crippen LogP contribution is -2.13. The molecule has 0 fully saturated rings. The molecule has 0 saturated heterocycles. The van der Waals surface area contributed by atoms with Gasteiger partial charge in [-0.25, -0.2) is 4.99 Å². The van der Waals surface area contributed by atoms with E-state index in [4.69, 9.17) is 4.55 Å². The smallest absolute Gasteiger partial charge is 0.281 e. The SMILES string of the molecule is O=S(=O)(O)C1=NC=C2C=NC=C21. The summed E-state index contributed by atoms with van der Waals surface area (Å²) in [6.07, 6.45) is 4.19. The maximum absolute atomic E-state index is 10.7. The third-order valence-electron chi connectivity index (χ3n) is 1.52. The summed E-state index contributed by atoms with van der Waals surface area (Å²) in [6.45, 7) is 0. The van der Waals surface area contributed by atoms with Crippen molar-refractivity contribution in [3.63, 3.8) is 0 Å². The minimum absolute atomic E-state index is 0.324. The van der Waals surface area contributed by atoms with Gasteiger partial charge in [0.25, 0.3) is 0 Å². The molecule has 6 heteroatoms. The van der Waals surface area contributed by atoms with E-state index in [2.05, 4.69) is 9.98 Å². The minimum Gasteiger partial charge on any atom is -0.281 e. The first-order valence-electron chi connectivity index (χ1n) is 3.08. The molecule has 2 heterocycles. The Balaban J connectivity index is 2.51. The minimum atomic E-state index is -4.21. The summed E-state index contributed by atoms with van der Waals surface area (Å²) in [6, 6.07) is 0. The molecule has 2 rings (SSSR count). The van der Waals surface area contributed by atoms with E-state index in [1.54, 1.807) is 0 Å². The van der Waals surface area contributed by atoms with Crippen molar-refractivity contribution in [2.24, 2.45) is 9.98 Å². The summed E-state index contributed by atoms with van der Waals surface area (Å²) in [5.74, 6) is 0. The van der Waals surface area contributed by atoms with Crippen LogP contribution in [0.15, 0.2) is 33.5 Å². The second kappa shape index (κ2) is 2.11. The molecular formula is C6H4N2O3S. The van der Waals surface area contributed by atoms with Gasteiger partial charge in [0.2, 0.25) is 0 Å². The fourth-order valence-electron chi connectivity index (χ4n) is 1.02. The summed E-state index contributed by atoms with van der Waals surface area (Å²) in [5, 5.41) is -0.324. The second-order valence-corrected chi connectivity index (χ2v) is 3.65. The molecular weight excluding hydrogens is 180 g/mol. The highest BCUT2D eigenvalue weighted by Gasteiger charge is 2.28. The Morgan fingerprint density at radius 2 is 2.08 bits per heavy atom. The number of rotatable bonds is 0. The Bertz CT molecular complexity index is 453. The molecule has 0 amide bonds. The van der Waals surface area contributed by atoms with Crippen LogP contribution in [0.5, 0.6) is 0 Å². The van der Waals surface area contributed by atoms with E-state index >= 15 is 0 Å². The van der Waals surface area contributed by atoms with Crippen molar-refractivity contribution in [2.75, 3.05) is 0 Å². The first kappa shape index (κ1) is 7.38. The van der Waals surface area contributed by atoms with Crippen molar-refractivity contribution in [1.29, 1.82) is 0 Å². The van der Waals surface area contributed by atoms with Crippen molar-refractivity contribution in [3.05, 3.63) is 23.5 Å². The molecule has 0 saturated carbocycles. The zero-order chi connectivity index (χ0) is 8.77. The van der Waals surface area contributed by atoms with Crippen LogP contribution >= 0.6 is 0 Å². The van der Waals surface area contributed by atoms with Gasteiger partial charge in [0.05, 0.1) is 0 Å². The van der Waals surface area contributed by atoms with E-state index < -0.39 is 10.1 Å². The number of hydrogen-bond donors (Lipinski definition) is 1. The Morgan fingerprint density at radius 1 is 1.33 bits per heavy atom. The van der Waals surface area contributed by atoms with E-state index in [0.717, 1.165) is 0 Å². The molecule has 0 bridgehead atoms. The van der Waals surface area contributed by atoms with Crippen molar-refractivity contribution < 1.29 is 13.0 Å². The molecule has 0 aliphatic carbocycles. The fraction of sp³-hybridized carbons (Fsp3) is 0. The van der Waals surface area contributed by atoms with Crippen LogP contribution in [0.25, 0.3) is 0 Å². The molecule has 2 aliphatic rings. The van der Waals surface area contributed by atoms with E-state index in [1.807, 2.05) is 0 Å². The van der Waals surface area contributed by atoms with Crippen molar-refractivity contribution in [1.82, 2.24) is 0 Å². The van der Waals surface area contributed by atoms with Gasteiger partial charge in [0.15, 0.2) is 5.04 Å². The third-order valence-corrected chi connectivity index (χ3v) is 2.34. The van der Waals surface area contributed by atoms with Crippen LogP contribution in [0.1, 0.15) is 0 Å². The summed E-state index contributed by atoms with van der Waals surface area (Å²) >= 11 is 0. The monoisotopic (exact) mass is 184 g/mol. The van der Waals surface area contributed by atoms with Gasteiger partial charge in [0.1, 0.15) is 0 Å². The van der Waals surface area contributed by atoms with Crippen LogP contribution in [0.3, 0.4) is 0 Å². The first-order chi connectivity index (χ1) is 5.59. The standard InChI is InChI=1S/C6H4N2O3S/c9-12(10,11)6-5-3-7-1-4(5)2-8-6/h1-3H,(H,9,10,11). The number of aliphatic imine (C=N–C) groups is 2. The lowest BCUT2D eigenvalue weighted by atomic mass is 10.2. The Hall–Kier alpha value is -1.27. The van der Waals surface area contributed by atoms with Crippen LogP contribution in [0.4, 0.5) is 0 Å². The first-order valence-corrected chi connectivity index (χ1v) is 4.52. The van der Waals surface area contributed by atoms with Gasteiger partial charge >= 0.3 is 10.1 Å². The second-order valence-electron chi connectivity index (χ2n) is 2.31. The van der Waals surface area contributed by atoms with Crippen LogP contribution < -0.4 is 0 Å². The van der Waals surface area contributed by atoms with Gasteiger partial charge in [-0.1, -0.05) is 0 Å². The predicted molar refractivity (Wildman–Crippen MR) is 43.6 cm³/mol. The molecule has 2 aliphatic heterocycles. The van der Waals surface area contributed by atoms with Crippen LogP contribution in [-0.2, 0) is 10.1 Å². The maximum Gasteiger partial charge on any atom is 0.312 e. The van der Waals surface area contributed by atoms with Crippen molar-refractivity contribution in [2.45, 2.75) is 0 Å². The van der Waals surface area contributed by atoms with Crippen LogP contribution in [0.2, 0.25) is 0 Å². The molecule has 0 unspecified atom stereocenters. The molecule has 12 heavy (non-hydrogen) atoms. The van der Waals surface area contributed by atoms with Crippen molar-refractivity contribution in [3.8, 4) is 0 Å². The highest BCUT2D eigenvalue weighted by Crippen LogP contribution is 2.23. The predicted octanol–water partition coefficient (Wildman–Crippen LogP) is 0.139. The van der Waals surface area contributed by atoms with Gasteiger partial charge in [0, 0.05) is 29.8 Å². The number of allylic oxidation sites excluding steroid dienone is 1. The summed E-state index contributed by atoms with van der Waals surface area (Å²) in [7, 11) is -4.21. The highest BCUT2D eigenvalue weighted by atomic mass is 32.2. The fourth-order valence-corrected chi connectivity index (χ4v) is 1.66. The third kappa shape index (κ3) is 0.926. The quantitative estimate of drug-likeness (QED) is 0.544. The van der Waals surface area contributed by atoms with Gasteiger partial charge < -0.3 is 0 Å². The normalized spacial score (nSPS) is 20.2. The number of fused-ring (bicyclic) bond motifs is 1. The topological polar surface area (TPSA) is 79.1 Å². The van der Waals surface area contributed by atoms with E-state index in [-0.39, 0.29) is 5.04 Å². The Morgan fingerprint density at radius 3 is 2.75 bits per heavy atom. The average Bonchev–Trinajstić information content (AvgIpc) is 2.37. The molecule has 62 valence electrons. The van der Waals surface area contributed by atoms with Gasteiger partial charge in [-0.05, 0) is 0 Å². The van der Waals surface area contributed by atoms with E-state index in [0.29, 0.717) is 11.1 Å². The highest BCUT2D eigenvalue weighted by molar-refractivity contribution is 8.02. The van der Waals surface area contributed by atoms with E-state index in [9.17, 15) is 8.42 Å². The maximum atomic E-state index is 10.7. The van der Waals surface area contributed by atoms with Gasteiger partial charge in [-0.3, -0.25) is 9.55 Å². The molecule has 0 aromatic carbocycles.